The van der Waals surface area contributed by atoms with Crippen molar-refractivity contribution in [1.29, 1.82) is 5.26 Å². The highest BCUT2D eigenvalue weighted by Gasteiger charge is 2.22. The van der Waals surface area contributed by atoms with Gasteiger partial charge in [-0.2, -0.15) is 5.26 Å². The van der Waals surface area contributed by atoms with E-state index in [1.165, 1.54) is 32.1 Å². The van der Waals surface area contributed by atoms with Crippen LogP contribution in [0.5, 0.6) is 0 Å². The second kappa shape index (κ2) is 6.25. The van der Waals surface area contributed by atoms with Crippen LogP contribution >= 0.6 is 0 Å². The molecule has 1 aliphatic carbocycles. The summed E-state index contributed by atoms with van der Waals surface area (Å²) in [6.45, 7) is 2.07. The maximum Gasteiger partial charge on any atom is 0.141 e. The molecule has 0 atom stereocenters. The number of nitriles is 1. The van der Waals surface area contributed by atoms with Crippen LogP contribution in [0, 0.1) is 18.3 Å². The van der Waals surface area contributed by atoms with Crippen molar-refractivity contribution in [3.8, 4) is 17.2 Å². The van der Waals surface area contributed by atoms with Gasteiger partial charge in [0.2, 0.25) is 0 Å². The van der Waals surface area contributed by atoms with Crippen molar-refractivity contribution >= 4 is 16.7 Å². The predicted molar refractivity (Wildman–Crippen MR) is 101 cm³/mol. The first-order valence-electron chi connectivity index (χ1n) is 8.96. The zero-order valence-electron chi connectivity index (χ0n) is 14.5. The average Bonchev–Trinajstić information content (AvgIpc) is 3.03. The highest BCUT2D eigenvalue weighted by molar-refractivity contribution is 5.93. The summed E-state index contributed by atoms with van der Waals surface area (Å²) in [5.74, 6) is 0. The van der Waals surface area contributed by atoms with Gasteiger partial charge in [0.05, 0.1) is 5.56 Å². The van der Waals surface area contributed by atoms with Gasteiger partial charge in [-0.25, -0.2) is 4.98 Å². The first-order chi connectivity index (χ1) is 12.2. The predicted octanol–water partition coefficient (Wildman–Crippen LogP) is 4.97. The second-order valence-corrected chi connectivity index (χ2v) is 6.94. The standard InChI is InChI=1S/C21H22N4/c1-14-18(17-9-5-6-10-19(17)23)12-24-21-20(14)15(11-22)13-25(21)16-7-3-2-4-8-16/h5-6,9-10,12-13,16H,2-4,7-8,23H2,1H3. The lowest BCUT2D eigenvalue weighted by atomic mass is 9.95. The van der Waals surface area contributed by atoms with E-state index >= 15 is 0 Å². The Morgan fingerprint density at radius 1 is 1.16 bits per heavy atom. The second-order valence-electron chi connectivity index (χ2n) is 6.94. The number of nitrogen functional groups attached to an aromatic ring is 1. The maximum atomic E-state index is 9.67. The Hall–Kier alpha value is -2.80. The lowest BCUT2D eigenvalue weighted by Crippen LogP contribution is -2.12. The Morgan fingerprint density at radius 2 is 1.92 bits per heavy atom. The molecule has 2 N–H and O–H groups in total. The topological polar surface area (TPSA) is 67.6 Å². The largest absolute Gasteiger partial charge is 0.398 e. The van der Waals surface area contributed by atoms with E-state index in [2.05, 4.69) is 17.6 Å². The van der Waals surface area contributed by atoms with Gasteiger partial charge < -0.3 is 10.3 Å². The van der Waals surface area contributed by atoms with Crippen LogP contribution in [-0.2, 0) is 0 Å². The fraction of sp³-hybridized carbons (Fsp3) is 0.333. The van der Waals surface area contributed by atoms with E-state index in [-0.39, 0.29) is 0 Å². The number of nitrogens with zero attached hydrogens (tertiary/aromatic N) is 3. The first-order valence-corrected chi connectivity index (χ1v) is 8.96. The number of benzene rings is 1. The van der Waals surface area contributed by atoms with Crippen LogP contribution in [0.2, 0.25) is 0 Å². The average molecular weight is 330 g/mol. The first kappa shape index (κ1) is 15.7. The lowest BCUT2D eigenvalue weighted by Gasteiger charge is -2.23. The van der Waals surface area contributed by atoms with Crippen LogP contribution in [-0.4, -0.2) is 9.55 Å². The van der Waals surface area contributed by atoms with E-state index in [4.69, 9.17) is 10.7 Å². The Kier molecular flexibility index (Phi) is 3.93. The van der Waals surface area contributed by atoms with Gasteiger partial charge in [0.25, 0.3) is 0 Å². The molecule has 1 aliphatic rings. The van der Waals surface area contributed by atoms with Gasteiger partial charge in [-0.15, -0.1) is 0 Å². The maximum absolute atomic E-state index is 9.67. The van der Waals surface area contributed by atoms with Crippen LogP contribution in [0.1, 0.15) is 49.3 Å². The number of aromatic nitrogens is 2. The zero-order chi connectivity index (χ0) is 17.4. The van der Waals surface area contributed by atoms with Crippen molar-refractivity contribution in [2.75, 3.05) is 5.73 Å². The molecule has 0 amide bonds. The number of fused-ring (bicyclic) bond motifs is 1. The fourth-order valence-corrected chi connectivity index (χ4v) is 4.11. The molecule has 2 aromatic heterocycles. The van der Waals surface area contributed by atoms with Gasteiger partial charge in [-0.05, 0) is 31.4 Å². The summed E-state index contributed by atoms with van der Waals surface area (Å²) in [4.78, 5) is 4.76. The summed E-state index contributed by atoms with van der Waals surface area (Å²) in [6, 6.07) is 10.6. The summed E-state index contributed by atoms with van der Waals surface area (Å²) < 4.78 is 2.23. The smallest absolute Gasteiger partial charge is 0.141 e. The monoisotopic (exact) mass is 330 g/mol. The molecule has 0 saturated heterocycles. The minimum absolute atomic E-state index is 0.456. The van der Waals surface area contributed by atoms with Gasteiger partial charge >= 0.3 is 0 Å². The summed E-state index contributed by atoms with van der Waals surface area (Å²) >= 11 is 0. The van der Waals surface area contributed by atoms with Gasteiger partial charge in [0, 0.05) is 40.6 Å². The molecule has 1 fully saturated rings. The third-order valence-corrected chi connectivity index (χ3v) is 5.44. The van der Waals surface area contributed by atoms with E-state index in [0.29, 0.717) is 11.6 Å². The van der Waals surface area contributed by atoms with Gasteiger partial charge in [0.15, 0.2) is 0 Å². The van der Waals surface area contributed by atoms with Gasteiger partial charge in [-0.3, -0.25) is 0 Å². The minimum Gasteiger partial charge on any atom is -0.398 e. The number of nitrogens with two attached hydrogens (primary N) is 1. The molecule has 1 saturated carbocycles. The van der Waals surface area contributed by atoms with Crippen LogP contribution < -0.4 is 5.73 Å². The van der Waals surface area contributed by atoms with Crippen LogP contribution in [0.25, 0.3) is 22.2 Å². The van der Waals surface area contributed by atoms with Gasteiger partial charge in [0.1, 0.15) is 11.7 Å². The molecule has 0 unspecified atom stereocenters. The number of anilines is 1. The molecule has 2 heterocycles. The number of hydrogen-bond acceptors (Lipinski definition) is 3. The van der Waals surface area contributed by atoms with E-state index in [1.54, 1.807) is 0 Å². The molecule has 126 valence electrons. The molecule has 0 radical (unpaired) electrons. The normalized spacial score (nSPS) is 15.4. The van der Waals surface area contributed by atoms with Gasteiger partial charge in [-0.1, -0.05) is 37.5 Å². The van der Waals surface area contributed by atoms with Crippen molar-refractivity contribution in [1.82, 2.24) is 9.55 Å². The van der Waals surface area contributed by atoms with Crippen molar-refractivity contribution in [2.24, 2.45) is 0 Å². The highest BCUT2D eigenvalue weighted by atomic mass is 15.1. The highest BCUT2D eigenvalue weighted by Crippen LogP contribution is 2.37. The Labute approximate surface area is 147 Å². The molecule has 25 heavy (non-hydrogen) atoms. The van der Waals surface area contributed by atoms with Crippen LogP contribution in [0.3, 0.4) is 0 Å². The Morgan fingerprint density at radius 3 is 2.64 bits per heavy atom. The molecule has 0 bridgehead atoms. The number of hydrogen-bond donors (Lipinski definition) is 1. The SMILES string of the molecule is Cc1c(-c2ccccc2N)cnc2c1c(C#N)cn2C1CCCCC1. The van der Waals surface area contributed by atoms with E-state index in [9.17, 15) is 5.26 Å². The molecule has 3 aromatic rings. The number of aryl methyl sites for hydroxylation is 1. The number of para-hydroxylation sites is 1. The van der Waals surface area contributed by atoms with Crippen LogP contribution in [0.4, 0.5) is 5.69 Å². The van der Waals surface area contributed by atoms with Crippen molar-refractivity contribution in [3.05, 3.63) is 47.8 Å². The van der Waals surface area contributed by atoms with Crippen molar-refractivity contribution in [2.45, 2.75) is 45.1 Å². The minimum atomic E-state index is 0.456. The molecule has 4 heteroatoms. The number of pyridine rings is 1. The summed E-state index contributed by atoms with van der Waals surface area (Å²) in [7, 11) is 0. The van der Waals surface area contributed by atoms with E-state index in [0.717, 1.165) is 33.4 Å². The third-order valence-electron chi connectivity index (χ3n) is 5.44. The third kappa shape index (κ3) is 2.56. The van der Waals surface area contributed by atoms with Crippen LogP contribution in [0.15, 0.2) is 36.7 Å². The molecule has 0 aliphatic heterocycles. The fourth-order valence-electron chi connectivity index (χ4n) is 4.11. The van der Waals surface area contributed by atoms with E-state index in [1.807, 2.05) is 36.7 Å². The summed E-state index contributed by atoms with van der Waals surface area (Å²) in [6.07, 6.45) is 10.1. The van der Waals surface area contributed by atoms with E-state index < -0.39 is 0 Å². The molecule has 4 nitrogen and oxygen atoms in total. The van der Waals surface area contributed by atoms with Crippen molar-refractivity contribution in [3.63, 3.8) is 0 Å². The summed E-state index contributed by atoms with van der Waals surface area (Å²) in [5.41, 5.74) is 11.6. The Balaban J connectivity index is 1.93. The quantitative estimate of drug-likeness (QED) is 0.674. The number of rotatable bonds is 2. The molecule has 4 rings (SSSR count). The molecular formula is C21H22N4. The zero-order valence-corrected chi connectivity index (χ0v) is 14.5. The summed E-state index contributed by atoms with van der Waals surface area (Å²) in [5, 5.41) is 10.6. The Bertz CT molecular complexity index is 971. The van der Waals surface area contributed by atoms with Crippen molar-refractivity contribution < 1.29 is 0 Å². The molecule has 0 spiro atoms. The molecular weight excluding hydrogens is 308 g/mol. The molecule has 1 aromatic carbocycles. The lowest BCUT2D eigenvalue weighted by molar-refractivity contribution is 0.359.